The summed E-state index contributed by atoms with van der Waals surface area (Å²) in [5.41, 5.74) is 7.12. The average molecular weight is 603 g/mol. The van der Waals surface area contributed by atoms with Crippen molar-refractivity contribution < 1.29 is 33.1 Å². The van der Waals surface area contributed by atoms with Crippen LogP contribution in [0.25, 0.3) is 0 Å². The van der Waals surface area contributed by atoms with Crippen LogP contribution in [0.3, 0.4) is 0 Å². The van der Waals surface area contributed by atoms with E-state index in [0.29, 0.717) is 18.8 Å². The minimum absolute atomic E-state index is 0. The first-order valence-electron chi connectivity index (χ1n) is 16.0. The van der Waals surface area contributed by atoms with Gasteiger partial charge in [0.15, 0.2) is 0 Å². The van der Waals surface area contributed by atoms with Crippen LogP contribution in [-0.4, -0.2) is 28.1 Å². The van der Waals surface area contributed by atoms with E-state index >= 15 is 0 Å². The molecule has 6 heteroatoms. The molecule has 1 aromatic heterocycles. The SMILES string of the molecule is CCOC(=O)c1cn(C[C@H]2[CH-]N2C(c2ccccc2)(c2ccccc2)c2ccccc2)c2c1C(OCc1ccccc1)CCC2.[Li+]. The summed E-state index contributed by atoms with van der Waals surface area (Å²) in [7, 11) is 0. The van der Waals surface area contributed by atoms with Gasteiger partial charge < -0.3 is 18.9 Å². The summed E-state index contributed by atoms with van der Waals surface area (Å²) < 4.78 is 14.4. The molecule has 1 aliphatic heterocycles. The minimum Gasteiger partial charge on any atom is -0.462 e. The zero-order chi connectivity index (χ0) is 30.6. The van der Waals surface area contributed by atoms with Gasteiger partial charge in [0.05, 0.1) is 30.4 Å². The molecular formula is C40H39LiN2O3. The fourth-order valence-electron chi connectivity index (χ4n) is 7.15. The average Bonchev–Trinajstić information content (AvgIpc) is 3.76. The van der Waals surface area contributed by atoms with E-state index in [9.17, 15) is 4.79 Å². The van der Waals surface area contributed by atoms with Gasteiger partial charge in [0.1, 0.15) is 0 Å². The summed E-state index contributed by atoms with van der Waals surface area (Å²) in [6.45, 7) is 5.79. The molecule has 1 aliphatic carbocycles. The van der Waals surface area contributed by atoms with E-state index in [-0.39, 0.29) is 37.0 Å². The third-order valence-electron chi connectivity index (χ3n) is 9.17. The Balaban J connectivity index is 0.00000372. The van der Waals surface area contributed by atoms with Gasteiger partial charge in [-0.15, -0.1) is 6.04 Å². The zero-order valence-corrected chi connectivity index (χ0v) is 26.7. The Labute approximate surface area is 284 Å². The number of carbonyl (C=O) groups excluding carboxylic acids is 1. The third-order valence-corrected chi connectivity index (χ3v) is 9.17. The summed E-state index contributed by atoms with van der Waals surface area (Å²) in [6.07, 6.45) is 4.68. The monoisotopic (exact) mass is 602 g/mol. The molecular weight excluding hydrogens is 563 g/mol. The van der Waals surface area contributed by atoms with E-state index in [2.05, 4.69) is 119 Å². The molecule has 4 aromatic carbocycles. The molecule has 0 saturated carbocycles. The Kier molecular flexibility index (Phi) is 9.97. The van der Waals surface area contributed by atoms with E-state index in [1.165, 1.54) is 22.4 Å². The first-order chi connectivity index (χ1) is 22.2. The number of aromatic nitrogens is 1. The van der Waals surface area contributed by atoms with Gasteiger partial charge in [-0.1, -0.05) is 121 Å². The molecule has 5 aromatic rings. The Bertz CT molecular complexity index is 1630. The predicted octanol–water partition coefficient (Wildman–Crippen LogP) is 5.10. The van der Waals surface area contributed by atoms with Gasteiger partial charge in [0.25, 0.3) is 0 Å². The Hall–Kier alpha value is -3.85. The molecule has 0 N–H and O–H groups in total. The van der Waals surface area contributed by atoms with Crippen LogP contribution in [0.1, 0.15) is 69.7 Å². The maximum atomic E-state index is 13.3. The van der Waals surface area contributed by atoms with Gasteiger partial charge in [-0.05, 0) is 48.4 Å². The largest absolute Gasteiger partial charge is 1.00 e. The molecule has 0 amide bonds. The number of rotatable bonds is 11. The summed E-state index contributed by atoms with van der Waals surface area (Å²) in [6, 6.07) is 42.7. The number of hydrogen-bond donors (Lipinski definition) is 0. The normalized spacial score (nSPS) is 18.7. The van der Waals surface area contributed by atoms with Gasteiger partial charge >= 0.3 is 24.8 Å². The van der Waals surface area contributed by atoms with Crippen LogP contribution in [0.4, 0.5) is 0 Å². The molecule has 2 unspecified atom stereocenters. The number of hydrogen-bond acceptors (Lipinski definition) is 4. The van der Waals surface area contributed by atoms with E-state index < -0.39 is 5.54 Å². The van der Waals surface area contributed by atoms with Crippen LogP contribution in [0.2, 0.25) is 0 Å². The van der Waals surface area contributed by atoms with Gasteiger partial charge in [0, 0.05) is 24.0 Å². The Morgan fingerprint density at radius 1 is 0.826 bits per heavy atom. The number of fused-ring (bicyclic) bond motifs is 1. The van der Waals surface area contributed by atoms with Crippen molar-refractivity contribution in [3.05, 3.63) is 173 Å². The third kappa shape index (κ3) is 6.13. The van der Waals surface area contributed by atoms with Crippen LogP contribution >= 0.6 is 0 Å². The second-order valence-corrected chi connectivity index (χ2v) is 11.9. The number of ether oxygens (including phenoxy) is 2. The van der Waals surface area contributed by atoms with Crippen LogP contribution in [0.15, 0.2) is 128 Å². The molecule has 1 fully saturated rings. The molecule has 3 atom stereocenters. The number of benzene rings is 4. The molecule has 0 radical (unpaired) electrons. The van der Waals surface area contributed by atoms with Crippen LogP contribution in [0, 0.1) is 6.54 Å². The van der Waals surface area contributed by atoms with Crippen molar-refractivity contribution >= 4 is 5.97 Å². The van der Waals surface area contributed by atoms with E-state index in [4.69, 9.17) is 9.47 Å². The van der Waals surface area contributed by atoms with Crippen molar-refractivity contribution in [2.24, 2.45) is 0 Å². The topological polar surface area (TPSA) is 43.5 Å². The summed E-state index contributed by atoms with van der Waals surface area (Å²) >= 11 is 0. The fourth-order valence-corrected chi connectivity index (χ4v) is 7.15. The van der Waals surface area contributed by atoms with E-state index in [1.807, 2.05) is 31.3 Å². The van der Waals surface area contributed by atoms with Crippen molar-refractivity contribution in [1.82, 2.24) is 9.47 Å². The van der Waals surface area contributed by atoms with Gasteiger partial charge in [-0.2, -0.15) is 0 Å². The second-order valence-electron chi connectivity index (χ2n) is 11.9. The minimum atomic E-state index is -0.493. The van der Waals surface area contributed by atoms with Crippen molar-refractivity contribution in [1.29, 1.82) is 0 Å². The summed E-state index contributed by atoms with van der Waals surface area (Å²) in [5, 5.41) is 0. The van der Waals surface area contributed by atoms with Gasteiger partial charge in [0.2, 0.25) is 0 Å². The van der Waals surface area contributed by atoms with Crippen molar-refractivity contribution in [3.8, 4) is 0 Å². The molecule has 46 heavy (non-hydrogen) atoms. The first kappa shape index (κ1) is 32.1. The number of esters is 1. The quantitative estimate of drug-likeness (QED) is 0.0694. The smallest absolute Gasteiger partial charge is 0.462 e. The summed E-state index contributed by atoms with van der Waals surface area (Å²) in [4.78, 5) is 15.8. The molecule has 0 bridgehead atoms. The molecule has 2 aliphatic rings. The van der Waals surface area contributed by atoms with Gasteiger partial charge in [-0.3, -0.25) is 6.54 Å². The van der Waals surface area contributed by atoms with Crippen molar-refractivity contribution in [2.45, 2.75) is 57.0 Å². The fraction of sp³-hybridized carbons (Fsp3) is 0.250. The zero-order valence-electron chi connectivity index (χ0n) is 26.7. The van der Waals surface area contributed by atoms with Crippen molar-refractivity contribution in [2.75, 3.05) is 6.61 Å². The Morgan fingerprint density at radius 3 is 1.91 bits per heavy atom. The number of nitrogens with zero attached hydrogens (tertiary/aromatic N) is 2. The van der Waals surface area contributed by atoms with Crippen LogP contribution in [0.5, 0.6) is 0 Å². The molecule has 2 heterocycles. The predicted molar refractivity (Wildman–Crippen MR) is 176 cm³/mol. The molecule has 7 rings (SSSR count). The maximum Gasteiger partial charge on any atom is 1.00 e. The Morgan fingerprint density at radius 2 is 1.37 bits per heavy atom. The van der Waals surface area contributed by atoms with E-state index in [0.717, 1.165) is 36.9 Å². The van der Waals surface area contributed by atoms with Crippen LogP contribution < -0.4 is 18.9 Å². The van der Waals surface area contributed by atoms with Gasteiger partial charge in [-0.25, -0.2) is 4.79 Å². The van der Waals surface area contributed by atoms with E-state index in [1.54, 1.807) is 0 Å². The first-order valence-corrected chi connectivity index (χ1v) is 16.0. The second kappa shape index (κ2) is 14.3. The molecule has 228 valence electrons. The molecule has 0 spiro atoms. The maximum absolute atomic E-state index is 13.3. The molecule has 5 nitrogen and oxygen atoms in total. The van der Waals surface area contributed by atoms with Crippen LogP contribution in [-0.2, 0) is 34.6 Å². The summed E-state index contributed by atoms with van der Waals surface area (Å²) in [5.74, 6) is -0.272. The van der Waals surface area contributed by atoms with Crippen molar-refractivity contribution in [3.63, 3.8) is 0 Å². The molecule has 1 saturated heterocycles. The standard InChI is InChI=1S/C40H39N2O3.Li/c1-2-44-39(43)35-28-41(36-24-15-25-37(38(35)36)45-29-30-16-7-3-8-17-30)26-34-27-42(34)40(31-18-9-4-10-19-31,32-20-11-5-12-21-32)33-22-13-6-14-23-33;/h3-14,16-23,27-28,34,37H,2,15,24-26,29H2,1H3;/q-1;+1/t34-,37?,42?;/m0./s1. The number of carbonyl (C=O) groups is 1.